The smallest absolute Gasteiger partial charge is 0.220 e. The van der Waals surface area contributed by atoms with Crippen LogP contribution in [0.2, 0.25) is 0 Å². The van der Waals surface area contributed by atoms with Gasteiger partial charge in [-0.05, 0) is 43.5 Å². The van der Waals surface area contributed by atoms with Gasteiger partial charge in [-0.3, -0.25) is 4.79 Å². The number of methoxy groups -OCH3 is 2. The number of rotatable bonds is 7. The number of benzene rings is 1. The molecule has 1 amide bonds. The van der Waals surface area contributed by atoms with Gasteiger partial charge in [-0.1, -0.05) is 0 Å². The maximum Gasteiger partial charge on any atom is 0.220 e. The maximum atomic E-state index is 11.9. The minimum Gasteiger partial charge on any atom is -0.497 e. The van der Waals surface area contributed by atoms with Crippen molar-refractivity contribution in [1.29, 1.82) is 0 Å². The van der Waals surface area contributed by atoms with E-state index in [9.17, 15) is 4.79 Å². The molecule has 0 aliphatic carbocycles. The molecule has 2 N–H and O–H groups in total. The lowest BCUT2D eigenvalue weighted by Gasteiger charge is -2.12. The van der Waals surface area contributed by atoms with Crippen molar-refractivity contribution in [2.24, 2.45) is 0 Å². The van der Waals surface area contributed by atoms with E-state index in [1.165, 1.54) is 6.42 Å². The van der Waals surface area contributed by atoms with E-state index >= 15 is 0 Å². The molecule has 1 aliphatic rings. The van der Waals surface area contributed by atoms with Crippen LogP contribution in [0.4, 0.5) is 0 Å². The number of halogens is 1. The number of nitrogens with one attached hydrogen (secondary N) is 2. The summed E-state index contributed by atoms with van der Waals surface area (Å²) >= 11 is 0. The van der Waals surface area contributed by atoms with E-state index in [4.69, 9.17) is 9.47 Å². The minimum atomic E-state index is 0. The third-order valence-electron chi connectivity index (χ3n) is 3.76. The molecule has 0 saturated carbocycles. The van der Waals surface area contributed by atoms with E-state index < -0.39 is 0 Å². The summed E-state index contributed by atoms with van der Waals surface area (Å²) in [6, 6.07) is 6.14. The molecule has 1 fully saturated rings. The molecule has 5 nitrogen and oxygen atoms in total. The van der Waals surface area contributed by atoms with Crippen LogP contribution >= 0.6 is 12.4 Å². The fraction of sp³-hybridized carbons (Fsp3) is 0.562. The second kappa shape index (κ2) is 9.54. The normalized spacial score (nSPS) is 16.7. The van der Waals surface area contributed by atoms with Gasteiger partial charge < -0.3 is 20.1 Å². The Labute approximate surface area is 138 Å². The van der Waals surface area contributed by atoms with Crippen molar-refractivity contribution in [2.75, 3.05) is 27.3 Å². The predicted molar refractivity (Wildman–Crippen MR) is 89.1 cm³/mol. The Morgan fingerprint density at radius 1 is 1.27 bits per heavy atom. The Balaban J connectivity index is 0.00000242. The van der Waals surface area contributed by atoms with Gasteiger partial charge in [0.2, 0.25) is 5.91 Å². The maximum absolute atomic E-state index is 11.9. The van der Waals surface area contributed by atoms with Crippen LogP contribution in [0.3, 0.4) is 0 Å². The first-order valence-corrected chi connectivity index (χ1v) is 7.43. The number of hydrogen-bond acceptors (Lipinski definition) is 4. The minimum absolute atomic E-state index is 0. The van der Waals surface area contributed by atoms with E-state index in [1.54, 1.807) is 14.2 Å². The zero-order valence-corrected chi connectivity index (χ0v) is 14.0. The Morgan fingerprint density at radius 2 is 1.95 bits per heavy atom. The molecule has 22 heavy (non-hydrogen) atoms. The van der Waals surface area contributed by atoms with Crippen LogP contribution in [0.1, 0.15) is 24.8 Å². The van der Waals surface area contributed by atoms with Crippen molar-refractivity contribution < 1.29 is 14.3 Å². The monoisotopic (exact) mass is 328 g/mol. The summed E-state index contributed by atoms with van der Waals surface area (Å²) in [5.41, 5.74) is 1.04. The first-order valence-electron chi connectivity index (χ1n) is 7.43. The van der Waals surface area contributed by atoms with Crippen molar-refractivity contribution in [3.63, 3.8) is 0 Å². The van der Waals surface area contributed by atoms with E-state index in [0.29, 0.717) is 18.9 Å². The van der Waals surface area contributed by atoms with Crippen molar-refractivity contribution in [3.05, 3.63) is 23.8 Å². The van der Waals surface area contributed by atoms with Gasteiger partial charge in [0, 0.05) is 25.1 Å². The Bertz CT molecular complexity index is 454. The molecule has 1 aromatic carbocycles. The topological polar surface area (TPSA) is 59.6 Å². The second-order valence-electron chi connectivity index (χ2n) is 5.32. The average Bonchev–Trinajstić information content (AvgIpc) is 3.03. The van der Waals surface area contributed by atoms with Gasteiger partial charge in [-0.15, -0.1) is 12.4 Å². The van der Waals surface area contributed by atoms with Crippen LogP contribution in [0.15, 0.2) is 18.2 Å². The Morgan fingerprint density at radius 3 is 2.50 bits per heavy atom. The third-order valence-corrected chi connectivity index (χ3v) is 3.76. The number of carbonyl (C=O) groups is 1. The molecule has 1 aromatic rings. The first-order chi connectivity index (χ1) is 10.2. The fourth-order valence-corrected chi connectivity index (χ4v) is 2.52. The van der Waals surface area contributed by atoms with Gasteiger partial charge in [0.15, 0.2) is 0 Å². The largest absolute Gasteiger partial charge is 0.497 e. The van der Waals surface area contributed by atoms with Crippen molar-refractivity contribution in [2.45, 2.75) is 31.7 Å². The zero-order valence-electron chi connectivity index (χ0n) is 13.2. The van der Waals surface area contributed by atoms with Crippen LogP contribution in [0, 0.1) is 0 Å². The molecule has 1 saturated heterocycles. The molecule has 1 heterocycles. The number of aryl methyl sites for hydroxylation is 1. The van der Waals surface area contributed by atoms with E-state index in [0.717, 1.165) is 36.6 Å². The number of amides is 1. The lowest BCUT2D eigenvalue weighted by Crippen LogP contribution is -2.37. The second-order valence-corrected chi connectivity index (χ2v) is 5.32. The molecule has 1 aliphatic heterocycles. The summed E-state index contributed by atoms with van der Waals surface area (Å²) < 4.78 is 10.5. The van der Waals surface area contributed by atoms with Gasteiger partial charge >= 0.3 is 0 Å². The van der Waals surface area contributed by atoms with Gasteiger partial charge in [0.25, 0.3) is 0 Å². The summed E-state index contributed by atoms with van der Waals surface area (Å²) in [4.78, 5) is 11.9. The summed E-state index contributed by atoms with van der Waals surface area (Å²) in [7, 11) is 3.25. The van der Waals surface area contributed by atoms with Crippen LogP contribution < -0.4 is 20.1 Å². The van der Waals surface area contributed by atoms with Gasteiger partial charge in [-0.2, -0.15) is 0 Å². The SMILES string of the molecule is COc1cc(CCC(=O)NCC2CCCN2)cc(OC)c1.Cl. The Kier molecular flexibility index (Phi) is 8.06. The highest BCUT2D eigenvalue weighted by atomic mass is 35.5. The molecular formula is C16H25ClN2O3. The van der Waals surface area contributed by atoms with Crippen LogP contribution in [-0.4, -0.2) is 39.3 Å². The molecular weight excluding hydrogens is 304 g/mol. The molecule has 0 aromatic heterocycles. The lowest BCUT2D eigenvalue weighted by molar-refractivity contribution is -0.121. The van der Waals surface area contributed by atoms with Gasteiger partial charge in [0.05, 0.1) is 14.2 Å². The van der Waals surface area contributed by atoms with Crippen molar-refractivity contribution >= 4 is 18.3 Å². The third kappa shape index (κ3) is 5.73. The first kappa shape index (κ1) is 18.6. The summed E-state index contributed by atoms with van der Waals surface area (Å²) in [5, 5.41) is 6.36. The molecule has 0 spiro atoms. The fourth-order valence-electron chi connectivity index (χ4n) is 2.52. The van der Waals surface area contributed by atoms with Gasteiger partial charge in [-0.25, -0.2) is 0 Å². The van der Waals surface area contributed by atoms with Gasteiger partial charge in [0.1, 0.15) is 11.5 Å². The molecule has 6 heteroatoms. The standard InChI is InChI=1S/C16H24N2O3.ClH/c1-20-14-8-12(9-15(10-14)21-2)5-6-16(19)18-11-13-4-3-7-17-13;/h8-10,13,17H,3-7,11H2,1-2H3,(H,18,19);1H. The molecule has 1 unspecified atom stereocenters. The van der Waals surface area contributed by atoms with Crippen LogP contribution in [0.25, 0.3) is 0 Å². The molecule has 124 valence electrons. The number of ether oxygens (including phenoxy) is 2. The summed E-state index contributed by atoms with van der Waals surface area (Å²) in [6.45, 7) is 1.78. The molecule has 1 atom stereocenters. The molecule has 0 bridgehead atoms. The zero-order chi connectivity index (χ0) is 15.1. The van der Waals surface area contributed by atoms with Crippen molar-refractivity contribution in [3.8, 4) is 11.5 Å². The highest BCUT2D eigenvalue weighted by molar-refractivity contribution is 5.85. The number of carbonyl (C=O) groups excluding carboxylic acids is 1. The van der Waals surface area contributed by atoms with E-state index in [2.05, 4.69) is 10.6 Å². The lowest BCUT2D eigenvalue weighted by atomic mass is 10.1. The predicted octanol–water partition coefficient (Wildman–Crippen LogP) is 1.93. The van der Waals surface area contributed by atoms with E-state index in [-0.39, 0.29) is 18.3 Å². The van der Waals surface area contributed by atoms with Crippen LogP contribution in [-0.2, 0) is 11.2 Å². The molecule has 2 rings (SSSR count). The highest BCUT2D eigenvalue weighted by Crippen LogP contribution is 2.23. The van der Waals surface area contributed by atoms with E-state index in [1.807, 2.05) is 18.2 Å². The Hall–Kier alpha value is -1.46. The summed E-state index contributed by atoms with van der Waals surface area (Å²) in [6.07, 6.45) is 3.50. The van der Waals surface area contributed by atoms with Crippen molar-refractivity contribution in [1.82, 2.24) is 10.6 Å². The average molecular weight is 329 g/mol. The summed E-state index contributed by atoms with van der Waals surface area (Å²) in [5.74, 6) is 1.59. The van der Waals surface area contributed by atoms with Crippen LogP contribution in [0.5, 0.6) is 11.5 Å². The highest BCUT2D eigenvalue weighted by Gasteiger charge is 2.14. The quantitative estimate of drug-likeness (QED) is 0.803. The molecule has 0 radical (unpaired) electrons. The number of hydrogen-bond donors (Lipinski definition) is 2.